The van der Waals surface area contributed by atoms with Crippen molar-refractivity contribution in [1.82, 2.24) is 15.2 Å². The summed E-state index contributed by atoms with van der Waals surface area (Å²) >= 11 is 0. The maximum atomic E-state index is 5.35. The molecule has 0 aliphatic rings. The number of benzene rings is 2. The van der Waals surface area contributed by atoms with Crippen molar-refractivity contribution >= 4 is 11.8 Å². The highest BCUT2D eigenvalue weighted by Crippen LogP contribution is 2.18. The summed E-state index contributed by atoms with van der Waals surface area (Å²) in [5.74, 6) is 1.98. The summed E-state index contributed by atoms with van der Waals surface area (Å²) < 4.78 is 5.35. The first-order valence-electron chi connectivity index (χ1n) is 8.10. The Kier molecular flexibility index (Phi) is 5.41. The third-order valence-corrected chi connectivity index (χ3v) is 3.91. The molecule has 6 nitrogen and oxygen atoms in total. The molecule has 128 valence electrons. The molecule has 0 unspecified atom stereocenters. The van der Waals surface area contributed by atoms with Gasteiger partial charge >= 0.3 is 0 Å². The van der Waals surface area contributed by atoms with Gasteiger partial charge in [0.2, 0.25) is 5.95 Å². The number of aryl methyl sites for hydroxylation is 1. The molecule has 25 heavy (non-hydrogen) atoms. The van der Waals surface area contributed by atoms with Crippen LogP contribution in [0.25, 0.3) is 0 Å². The van der Waals surface area contributed by atoms with E-state index in [0.29, 0.717) is 24.9 Å². The Morgan fingerprint density at radius 1 is 0.920 bits per heavy atom. The number of aromatic nitrogens is 3. The van der Waals surface area contributed by atoms with Gasteiger partial charge in [0.05, 0.1) is 13.3 Å². The lowest BCUT2D eigenvalue weighted by atomic mass is 10.1. The summed E-state index contributed by atoms with van der Waals surface area (Å²) in [5, 5.41) is 14.5. The lowest BCUT2D eigenvalue weighted by Gasteiger charge is -2.10. The monoisotopic (exact) mass is 335 g/mol. The quantitative estimate of drug-likeness (QED) is 0.689. The summed E-state index contributed by atoms with van der Waals surface area (Å²) in [6.45, 7) is 3.35. The van der Waals surface area contributed by atoms with Crippen LogP contribution in [0.15, 0.2) is 54.7 Å². The molecule has 0 aliphatic carbocycles. The fourth-order valence-corrected chi connectivity index (χ4v) is 2.48. The second-order valence-corrected chi connectivity index (χ2v) is 5.61. The fraction of sp³-hybridized carbons (Fsp3) is 0.211. The predicted molar refractivity (Wildman–Crippen MR) is 98.7 cm³/mol. The smallest absolute Gasteiger partial charge is 0.244 e. The van der Waals surface area contributed by atoms with E-state index in [4.69, 9.17) is 4.74 Å². The normalized spacial score (nSPS) is 10.3. The van der Waals surface area contributed by atoms with Crippen LogP contribution >= 0.6 is 0 Å². The average molecular weight is 335 g/mol. The summed E-state index contributed by atoms with van der Waals surface area (Å²) in [6, 6.07) is 16.1. The summed E-state index contributed by atoms with van der Waals surface area (Å²) in [6.07, 6.45) is 1.62. The van der Waals surface area contributed by atoms with Crippen LogP contribution in [0.3, 0.4) is 0 Å². The lowest BCUT2D eigenvalue weighted by molar-refractivity contribution is 0.410. The Bertz CT molecular complexity index is 837. The first-order chi connectivity index (χ1) is 12.3. The minimum absolute atomic E-state index is 0.473. The largest absolute Gasteiger partial charge is 0.496 e. The maximum Gasteiger partial charge on any atom is 0.244 e. The Morgan fingerprint density at radius 3 is 2.44 bits per heavy atom. The molecule has 2 N–H and O–H groups in total. The first kappa shape index (κ1) is 16.7. The molecular weight excluding hydrogens is 314 g/mol. The molecule has 1 aromatic heterocycles. The minimum atomic E-state index is 0.473. The van der Waals surface area contributed by atoms with E-state index in [1.54, 1.807) is 13.3 Å². The van der Waals surface area contributed by atoms with Gasteiger partial charge in [0.25, 0.3) is 0 Å². The van der Waals surface area contributed by atoms with Crippen LogP contribution < -0.4 is 15.4 Å². The molecule has 0 saturated heterocycles. The number of hydrogen-bond acceptors (Lipinski definition) is 6. The average Bonchev–Trinajstić information content (AvgIpc) is 2.66. The Balaban J connectivity index is 1.62. The van der Waals surface area contributed by atoms with E-state index in [-0.39, 0.29) is 0 Å². The van der Waals surface area contributed by atoms with Gasteiger partial charge < -0.3 is 15.4 Å². The molecule has 0 fully saturated rings. The molecule has 0 atom stereocenters. The molecule has 6 heteroatoms. The Morgan fingerprint density at radius 2 is 1.64 bits per heavy atom. The highest BCUT2D eigenvalue weighted by atomic mass is 16.5. The van der Waals surface area contributed by atoms with Crippen LogP contribution in [0.2, 0.25) is 0 Å². The lowest BCUT2D eigenvalue weighted by Crippen LogP contribution is -2.09. The zero-order valence-corrected chi connectivity index (χ0v) is 14.4. The van der Waals surface area contributed by atoms with Gasteiger partial charge in [-0.15, -0.1) is 5.10 Å². The van der Waals surface area contributed by atoms with Crippen molar-refractivity contribution in [3.63, 3.8) is 0 Å². The van der Waals surface area contributed by atoms with Crippen molar-refractivity contribution in [3.8, 4) is 5.75 Å². The molecule has 3 rings (SSSR count). The van der Waals surface area contributed by atoms with Crippen LogP contribution in [-0.4, -0.2) is 22.3 Å². The van der Waals surface area contributed by atoms with E-state index in [1.807, 2.05) is 36.4 Å². The summed E-state index contributed by atoms with van der Waals surface area (Å²) in [7, 11) is 1.66. The van der Waals surface area contributed by atoms with Gasteiger partial charge in [0, 0.05) is 18.7 Å². The molecule has 0 amide bonds. The number of ether oxygens (including phenoxy) is 1. The zero-order chi connectivity index (χ0) is 17.5. The summed E-state index contributed by atoms with van der Waals surface area (Å²) in [4.78, 5) is 4.45. The summed E-state index contributed by atoms with van der Waals surface area (Å²) in [5.41, 5.74) is 3.50. The molecule has 0 bridgehead atoms. The van der Waals surface area contributed by atoms with E-state index < -0.39 is 0 Å². The van der Waals surface area contributed by atoms with Crippen molar-refractivity contribution in [2.45, 2.75) is 20.0 Å². The molecule has 0 saturated carbocycles. The van der Waals surface area contributed by atoms with E-state index in [2.05, 4.69) is 44.9 Å². The van der Waals surface area contributed by atoms with Crippen molar-refractivity contribution in [2.24, 2.45) is 0 Å². The Labute approximate surface area is 147 Å². The number of anilines is 2. The van der Waals surface area contributed by atoms with Crippen molar-refractivity contribution in [3.05, 3.63) is 71.4 Å². The van der Waals surface area contributed by atoms with Crippen LogP contribution in [0.1, 0.15) is 16.7 Å². The zero-order valence-electron chi connectivity index (χ0n) is 14.4. The van der Waals surface area contributed by atoms with E-state index in [1.165, 1.54) is 11.1 Å². The van der Waals surface area contributed by atoms with Gasteiger partial charge in [0.15, 0.2) is 5.82 Å². The highest BCUT2D eigenvalue weighted by molar-refractivity contribution is 5.41. The van der Waals surface area contributed by atoms with Gasteiger partial charge in [0.1, 0.15) is 5.75 Å². The topological polar surface area (TPSA) is 72.0 Å². The molecule has 0 radical (unpaired) electrons. The van der Waals surface area contributed by atoms with E-state index in [0.717, 1.165) is 11.3 Å². The van der Waals surface area contributed by atoms with Crippen molar-refractivity contribution < 1.29 is 4.74 Å². The number of nitrogens with one attached hydrogen (secondary N) is 2. The third-order valence-electron chi connectivity index (χ3n) is 3.91. The molecule has 0 spiro atoms. The SMILES string of the molecule is COc1ccccc1CNc1nncc(NCc2ccccc2C)n1. The van der Waals surface area contributed by atoms with E-state index >= 15 is 0 Å². The van der Waals surface area contributed by atoms with Gasteiger partial charge in [-0.05, 0) is 24.1 Å². The molecule has 3 aromatic rings. The molecule has 2 aromatic carbocycles. The molecule has 1 heterocycles. The first-order valence-corrected chi connectivity index (χ1v) is 8.10. The van der Waals surface area contributed by atoms with Crippen LogP contribution in [0.4, 0.5) is 11.8 Å². The van der Waals surface area contributed by atoms with Crippen LogP contribution in [-0.2, 0) is 13.1 Å². The van der Waals surface area contributed by atoms with Gasteiger partial charge in [-0.1, -0.05) is 42.5 Å². The van der Waals surface area contributed by atoms with Crippen molar-refractivity contribution in [2.75, 3.05) is 17.7 Å². The number of para-hydroxylation sites is 1. The standard InChI is InChI=1S/C19H21N5O/c1-14-7-3-4-8-15(14)11-20-18-13-22-24-19(23-18)21-12-16-9-5-6-10-17(16)25-2/h3-10,13H,11-12H2,1-2H3,(H2,20,21,23,24). The number of methoxy groups -OCH3 is 1. The van der Waals surface area contributed by atoms with Crippen molar-refractivity contribution in [1.29, 1.82) is 0 Å². The second kappa shape index (κ2) is 8.10. The van der Waals surface area contributed by atoms with E-state index in [9.17, 15) is 0 Å². The number of hydrogen-bond donors (Lipinski definition) is 2. The fourth-order valence-electron chi connectivity index (χ4n) is 2.48. The van der Waals surface area contributed by atoms with Gasteiger partial charge in [-0.2, -0.15) is 10.1 Å². The minimum Gasteiger partial charge on any atom is -0.496 e. The highest BCUT2D eigenvalue weighted by Gasteiger charge is 2.05. The van der Waals surface area contributed by atoms with Crippen LogP contribution in [0, 0.1) is 6.92 Å². The Hall–Kier alpha value is -3.15. The maximum absolute atomic E-state index is 5.35. The number of nitrogens with zero attached hydrogens (tertiary/aromatic N) is 3. The second-order valence-electron chi connectivity index (χ2n) is 5.61. The molecule has 0 aliphatic heterocycles. The number of rotatable bonds is 7. The van der Waals surface area contributed by atoms with Gasteiger partial charge in [-0.3, -0.25) is 0 Å². The molecular formula is C19H21N5O. The van der Waals surface area contributed by atoms with Gasteiger partial charge in [-0.25, -0.2) is 0 Å². The third kappa shape index (κ3) is 4.44. The predicted octanol–water partition coefficient (Wildman–Crippen LogP) is 3.41. The van der Waals surface area contributed by atoms with Crippen LogP contribution in [0.5, 0.6) is 5.75 Å².